The Kier molecular flexibility index (Phi) is 11.6. The fourth-order valence-electron chi connectivity index (χ4n) is 5.95. The number of halogens is 2. The summed E-state index contributed by atoms with van der Waals surface area (Å²) in [5, 5.41) is 4.05. The molecule has 1 N–H and O–H groups in total. The molecule has 0 aliphatic heterocycles. The molecule has 10 heteroatoms. The standard InChI is InChI=1S/C37H39Cl2N3O4S/c1-27-11-10-17-32(23-27)42(47(45,46)33-21-19-30(38)20-22-33)26-36(43)41(25-29-14-8-9-18-34(29)39)35(24-28-12-4-2-5-13-28)37(44)40-31-15-6-3-7-16-31/h2,4-5,8-14,17-23,31,35H,3,6-7,15-16,24-26H2,1H3,(H,40,44)/t35-/m1/s1. The summed E-state index contributed by atoms with van der Waals surface area (Å²) in [4.78, 5) is 30.3. The normalized spacial score (nSPS) is 14.3. The van der Waals surface area contributed by atoms with E-state index in [1.807, 2.05) is 55.5 Å². The number of hydrogen-bond acceptors (Lipinski definition) is 4. The Morgan fingerprint density at radius 2 is 1.53 bits per heavy atom. The van der Waals surface area contributed by atoms with Gasteiger partial charge in [0.2, 0.25) is 11.8 Å². The molecular formula is C37H39Cl2N3O4S. The molecule has 4 aromatic rings. The fourth-order valence-corrected chi connectivity index (χ4v) is 7.68. The number of nitrogens with one attached hydrogen (secondary N) is 1. The first kappa shape index (κ1) is 34.5. The van der Waals surface area contributed by atoms with Crippen molar-refractivity contribution in [1.29, 1.82) is 0 Å². The lowest BCUT2D eigenvalue weighted by Crippen LogP contribution is -2.55. The van der Waals surface area contributed by atoms with Gasteiger partial charge in [0.25, 0.3) is 10.0 Å². The van der Waals surface area contributed by atoms with Crippen molar-refractivity contribution >= 4 is 50.7 Å². The van der Waals surface area contributed by atoms with Crippen molar-refractivity contribution in [3.8, 4) is 0 Å². The topological polar surface area (TPSA) is 86.8 Å². The highest BCUT2D eigenvalue weighted by Gasteiger charge is 2.35. The van der Waals surface area contributed by atoms with Crippen LogP contribution in [0.1, 0.15) is 48.8 Å². The summed E-state index contributed by atoms with van der Waals surface area (Å²) in [5.41, 5.74) is 2.68. The van der Waals surface area contributed by atoms with E-state index >= 15 is 0 Å². The average Bonchev–Trinajstić information content (AvgIpc) is 3.07. The van der Waals surface area contributed by atoms with Crippen LogP contribution in [0.15, 0.2) is 108 Å². The lowest BCUT2D eigenvalue weighted by atomic mass is 9.94. The maximum atomic E-state index is 14.7. The highest BCUT2D eigenvalue weighted by molar-refractivity contribution is 7.92. The Labute approximate surface area is 287 Å². The number of benzene rings is 4. The largest absolute Gasteiger partial charge is 0.352 e. The molecule has 0 spiro atoms. The van der Waals surface area contributed by atoms with E-state index in [4.69, 9.17) is 23.2 Å². The average molecular weight is 693 g/mol. The van der Waals surface area contributed by atoms with Gasteiger partial charge in [-0.25, -0.2) is 8.42 Å². The van der Waals surface area contributed by atoms with Gasteiger partial charge < -0.3 is 10.2 Å². The van der Waals surface area contributed by atoms with Crippen LogP contribution in [0.3, 0.4) is 0 Å². The van der Waals surface area contributed by atoms with Gasteiger partial charge in [0.15, 0.2) is 0 Å². The predicted octanol–water partition coefficient (Wildman–Crippen LogP) is 7.59. The lowest BCUT2D eigenvalue weighted by Gasteiger charge is -2.35. The van der Waals surface area contributed by atoms with Crippen LogP contribution in [-0.2, 0) is 32.6 Å². The zero-order chi connectivity index (χ0) is 33.4. The number of hydrogen-bond donors (Lipinski definition) is 1. The summed E-state index contributed by atoms with van der Waals surface area (Å²) < 4.78 is 29.5. The molecule has 0 heterocycles. The van der Waals surface area contributed by atoms with E-state index in [1.165, 1.54) is 29.2 Å². The maximum absolute atomic E-state index is 14.7. The Morgan fingerprint density at radius 1 is 0.851 bits per heavy atom. The van der Waals surface area contributed by atoms with Crippen molar-refractivity contribution < 1.29 is 18.0 Å². The molecule has 1 aliphatic rings. The minimum atomic E-state index is -4.22. The number of aryl methyl sites for hydroxylation is 1. The smallest absolute Gasteiger partial charge is 0.264 e. The first-order valence-electron chi connectivity index (χ1n) is 15.8. The summed E-state index contributed by atoms with van der Waals surface area (Å²) in [5.74, 6) is -0.812. The molecule has 0 saturated heterocycles. The van der Waals surface area contributed by atoms with Crippen LogP contribution < -0.4 is 9.62 Å². The van der Waals surface area contributed by atoms with Crippen molar-refractivity contribution in [2.24, 2.45) is 0 Å². The minimum Gasteiger partial charge on any atom is -0.352 e. The number of rotatable bonds is 12. The molecule has 1 saturated carbocycles. The molecule has 1 atom stereocenters. The van der Waals surface area contributed by atoms with Crippen LogP contribution in [0.25, 0.3) is 0 Å². The van der Waals surface area contributed by atoms with E-state index in [0.717, 1.165) is 47.5 Å². The van der Waals surface area contributed by atoms with Gasteiger partial charge in [-0.1, -0.05) is 103 Å². The third-order valence-corrected chi connectivity index (χ3v) is 10.9. The van der Waals surface area contributed by atoms with Gasteiger partial charge in [-0.05, 0) is 78.9 Å². The molecule has 5 rings (SSSR count). The van der Waals surface area contributed by atoms with Crippen molar-refractivity contribution in [1.82, 2.24) is 10.2 Å². The number of carbonyl (C=O) groups is 2. The van der Waals surface area contributed by atoms with Crippen LogP contribution in [0.5, 0.6) is 0 Å². The van der Waals surface area contributed by atoms with Gasteiger partial charge in [0.05, 0.1) is 10.6 Å². The predicted molar refractivity (Wildman–Crippen MR) is 188 cm³/mol. The van der Waals surface area contributed by atoms with Gasteiger partial charge in [-0.3, -0.25) is 13.9 Å². The molecule has 0 bridgehead atoms. The zero-order valence-electron chi connectivity index (χ0n) is 26.3. The molecule has 246 valence electrons. The summed E-state index contributed by atoms with van der Waals surface area (Å²) in [6.45, 7) is 1.32. The Morgan fingerprint density at radius 3 is 2.21 bits per heavy atom. The van der Waals surface area contributed by atoms with E-state index in [2.05, 4.69) is 5.32 Å². The number of nitrogens with zero attached hydrogens (tertiary/aromatic N) is 2. The van der Waals surface area contributed by atoms with Crippen LogP contribution in [-0.4, -0.2) is 43.8 Å². The van der Waals surface area contributed by atoms with Crippen molar-refractivity contribution in [3.63, 3.8) is 0 Å². The summed E-state index contributed by atoms with van der Waals surface area (Å²) in [7, 11) is -4.22. The second-order valence-corrected chi connectivity index (χ2v) is 14.7. The summed E-state index contributed by atoms with van der Waals surface area (Å²) in [6.07, 6.45) is 5.19. The van der Waals surface area contributed by atoms with Crippen LogP contribution in [0.2, 0.25) is 10.0 Å². The van der Waals surface area contributed by atoms with Gasteiger partial charge in [-0.2, -0.15) is 0 Å². The molecule has 1 aliphatic carbocycles. The molecule has 0 radical (unpaired) electrons. The fraction of sp³-hybridized carbons (Fsp3) is 0.297. The van der Waals surface area contributed by atoms with Crippen molar-refractivity contribution in [2.45, 2.75) is 69.0 Å². The molecule has 7 nitrogen and oxygen atoms in total. The van der Waals surface area contributed by atoms with E-state index in [1.54, 1.807) is 30.3 Å². The second kappa shape index (κ2) is 15.8. The Balaban J connectivity index is 1.57. The molecule has 2 amide bonds. The van der Waals surface area contributed by atoms with Crippen LogP contribution in [0.4, 0.5) is 5.69 Å². The summed E-state index contributed by atoms with van der Waals surface area (Å²) >= 11 is 12.7. The first-order valence-corrected chi connectivity index (χ1v) is 18.0. The third-order valence-electron chi connectivity index (χ3n) is 8.49. The molecule has 0 aromatic heterocycles. The molecular weight excluding hydrogens is 653 g/mol. The highest BCUT2D eigenvalue weighted by Crippen LogP contribution is 2.28. The van der Waals surface area contributed by atoms with E-state index in [-0.39, 0.29) is 29.8 Å². The molecule has 0 unspecified atom stereocenters. The second-order valence-electron chi connectivity index (χ2n) is 12.0. The zero-order valence-corrected chi connectivity index (χ0v) is 28.6. The number of anilines is 1. The van der Waals surface area contributed by atoms with Crippen LogP contribution >= 0.6 is 23.2 Å². The van der Waals surface area contributed by atoms with E-state index < -0.39 is 28.5 Å². The number of carbonyl (C=O) groups excluding carboxylic acids is 2. The Hall–Kier alpha value is -3.85. The monoisotopic (exact) mass is 691 g/mol. The van der Waals surface area contributed by atoms with Gasteiger partial charge in [-0.15, -0.1) is 0 Å². The first-order chi connectivity index (χ1) is 22.6. The van der Waals surface area contributed by atoms with Crippen molar-refractivity contribution in [3.05, 3.63) is 130 Å². The van der Waals surface area contributed by atoms with Gasteiger partial charge in [0, 0.05) is 29.1 Å². The van der Waals surface area contributed by atoms with Crippen molar-refractivity contribution in [2.75, 3.05) is 10.8 Å². The maximum Gasteiger partial charge on any atom is 0.264 e. The number of sulfonamides is 1. The van der Waals surface area contributed by atoms with Gasteiger partial charge in [0.1, 0.15) is 12.6 Å². The molecule has 1 fully saturated rings. The highest BCUT2D eigenvalue weighted by atomic mass is 35.5. The molecule has 4 aromatic carbocycles. The van der Waals surface area contributed by atoms with Crippen LogP contribution in [0, 0.1) is 6.92 Å². The van der Waals surface area contributed by atoms with E-state index in [0.29, 0.717) is 21.3 Å². The SMILES string of the molecule is Cc1cccc(N(CC(=O)N(Cc2ccccc2Cl)[C@H](Cc2ccccc2)C(=O)NC2CCCCC2)S(=O)(=O)c2ccc(Cl)cc2)c1. The minimum absolute atomic E-state index is 0.00950. The summed E-state index contributed by atoms with van der Waals surface area (Å²) in [6, 6.07) is 28.6. The lowest BCUT2D eigenvalue weighted by molar-refractivity contribution is -0.140. The molecule has 47 heavy (non-hydrogen) atoms. The Bertz CT molecular complexity index is 1780. The quantitative estimate of drug-likeness (QED) is 0.166. The third kappa shape index (κ3) is 8.95. The number of amides is 2. The van der Waals surface area contributed by atoms with E-state index in [9.17, 15) is 18.0 Å². The van der Waals surface area contributed by atoms with Gasteiger partial charge >= 0.3 is 0 Å².